The first-order chi connectivity index (χ1) is 5.81. The van der Waals surface area contributed by atoms with E-state index in [-0.39, 0.29) is 0 Å². The van der Waals surface area contributed by atoms with Gasteiger partial charge in [0.15, 0.2) is 0 Å². The molecule has 12 heavy (non-hydrogen) atoms. The highest BCUT2D eigenvalue weighted by atomic mass is 32.1. The average Bonchev–Trinajstić information content (AvgIpc) is 2.10. The molecule has 0 atom stereocenters. The van der Waals surface area contributed by atoms with E-state index in [0.717, 1.165) is 17.7 Å². The van der Waals surface area contributed by atoms with Crippen LogP contribution in [0.2, 0.25) is 0 Å². The third-order valence-corrected chi connectivity index (χ3v) is 2.50. The van der Waals surface area contributed by atoms with Gasteiger partial charge in [0.05, 0.1) is 0 Å². The van der Waals surface area contributed by atoms with Gasteiger partial charge in [-0.1, -0.05) is 51.2 Å². The van der Waals surface area contributed by atoms with Gasteiger partial charge in [-0.25, -0.2) is 0 Å². The summed E-state index contributed by atoms with van der Waals surface area (Å²) in [7, 11) is 0. The van der Waals surface area contributed by atoms with E-state index < -0.39 is 0 Å². The molecule has 0 aromatic rings. The van der Waals surface area contributed by atoms with Gasteiger partial charge >= 0.3 is 0 Å². The summed E-state index contributed by atoms with van der Waals surface area (Å²) in [4.78, 5) is 1.14. The molecule has 0 unspecified atom stereocenters. The van der Waals surface area contributed by atoms with E-state index in [0.29, 0.717) is 0 Å². The van der Waals surface area contributed by atoms with E-state index in [4.69, 9.17) is 12.2 Å². The fraction of sp³-hybridized carbons (Fsp3) is 0.818. The number of hydrogen-bond donors (Lipinski definition) is 0. The zero-order chi connectivity index (χ0) is 9.23. The SMILES string of the molecule is [CH2]CC(=S)CCCCCCCC. The maximum Gasteiger partial charge on any atom is -0.00715 e. The lowest BCUT2D eigenvalue weighted by Gasteiger charge is -2.00. The molecule has 0 aromatic heterocycles. The molecule has 0 saturated carbocycles. The Bertz CT molecular complexity index is 108. The van der Waals surface area contributed by atoms with Crippen LogP contribution in [0.5, 0.6) is 0 Å². The molecule has 0 heterocycles. The van der Waals surface area contributed by atoms with Gasteiger partial charge < -0.3 is 0 Å². The summed E-state index contributed by atoms with van der Waals surface area (Å²) >= 11 is 5.09. The van der Waals surface area contributed by atoms with Gasteiger partial charge in [-0.2, -0.15) is 0 Å². The first-order valence-electron chi connectivity index (χ1n) is 5.12. The van der Waals surface area contributed by atoms with Crippen LogP contribution < -0.4 is 0 Å². The smallest absolute Gasteiger partial charge is 0.00715 e. The van der Waals surface area contributed by atoms with Crippen molar-refractivity contribution in [3.05, 3.63) is 6.92 Å². The summed E-state index contributed by atoms with van der Waals surface area (Å²) in [6.45, 7) is 6.02. The van der Waals surface area contributed by atoms with Crippen molar-refractivity contribution in [2.75, 3.05) is 0 Å². The second-order valence-electron chi connectivity index (χ2n) is 3.31. The van der Waals surface area contributed by atoms with Crippen molar-refractivity contribution in [3.63, 3.8) is 0 Å². The molecule has 0 aliphatic carbocycles. The van der Waals surface area contributed by atoms with Crippen molar-refractivity contribution < 1.29 is 0 Å². The second kappa shape index (κ2) is 9.18. The Labute approximate surface area is 82.7 Å². The minimum atomic E-state index is 0.838. The lowest BCUT2D eigenvalue weighted by atomic mass is 10.1. The Morgan fingerprint density at radius 3 is 2.25 bits per heavy atom. The second-order valence-corrected chi connectivity index (χ2v) is 3.88. The van der Waals surface area contributed by atoms with E-state index in [1.54, 1.807) is 0 Å². The monoisotopic (exact) mass is 185 g/mol. The molecular weight excluding hydrogens is 164 g/mol. The summed E-state index contributed by atoms with van der Waals surface area (Å²) in [5.41, 5.74) is 0. The molecule has 0 nitrogen and oxygen atoms in total. The topological polar surface area (TPSA) is 0 Å². The molecule has 0 saturated heterocycles. The molecule has 0 aliphatic rings. The van der Waals surface area contributed by atoms with Gasteiger partial charge in [-0.05, 0) is 31.1 Å². The molecule has 0 N–H and O–H groups in total. The zero-order valence-electron chi connectivity index (χ0n) is 8.27. The predicted octanol–water partition coefficient (Wildman–Crippen LogP) is 4.33. The Morgan fingerprint density at radius 2 is 1.67 bits per heavy atom. The third-order valence-electron chi connectivity index (χ3n) is 2.09. The average molecular weight is 185 g/mol. The molecule has 71 valence electrons. The highest BCUT2D eigenvalue weighted by Gasteiger charge is 1.93. The number of unbranched alkanes of at least 4 members (excludes halogenated alkanes) is 5. The minimum absolute atomic E-state index is 0.838. The van der Waals surface area contributed by atoms with E-state index in [1.165, 1.54) is 38.5 Å². The molecule has 1 heteroatoms. The summed E-state index contributed by atoms with van der Waals surface area (Å²) in [6.07, 6.45) is 10.1. The quantitative estimate of drug-likeness (QED) is 0.400. The molecular formula is C11H21S. The van der Waals surface area contributed by atoms with Crippen molar-refractivity contribution in [2.45, 2.75) is 58.3 Å². The standard InChI is InChI=1S/C11H21S/c1-3-5-6-7-8-9-10-11(12)4-2/h2-10H2,1H3. The lowest BCUT2D eigenvalue weighted by molar-refractivity contribution is 0.615. The maximum absolute atomic E-state index is 5.09. The summed E-state index contributed by atoms with van der Waals surface area (Å²) in [5, 5.41) is 0. The summed E-state index contributed by atoms with van der Waals surface area (Å²) in [6, 6.07) is 0. The van der Waals surface area contributed by atoms with Crippen LogP contribution in [0.1, 0.15) is 58.3 Å². The van der Waals surface area contributed by atoms with E-state index in [1.807, 2.05) is 0 Å². The van der Waals surface area contributed by atoms with Crippen LogP contribution in [0.25, 0.3) is 0 Å². The molecule has 0 bridgehead atoms. The first kappa shape index (κ1) is 12.1. The normalized spacial score (nSPS) is 10.2. The van der Waals surface area contributed by atoms with Crippen molar-refractivity contribution in [1.82, 2.24) is 0 Å². The maximum atomic E-state index is 5.09. The van der Waals surface area contributed by atoms with Crippen LogP contribution in [0, 0.1) is 6.92 Å². The fourth-order valence-corrected chi connectivity index (χ4v) is 1.37. The van der Waals surface area contributed by atoms with Crippen LogP contribution in [0.3, 0.4) is 0 Å². The third kappa shape index (κ3) is 8.19. The van der Waals surface area contributed by atoms with Crippen molar-refractivity contribution >= 4 is 17.1 Å². The molecule has 0 aliphatic heterocycles. The molecule has 0 aromatic carbocycles. The largest absolute Gasteiger partial charge is 0.0897 e. The van der Waals surface area contributed by atoms with Gasteiger partial charge in [0, 0.05) is 0 Å². The molecule has 1 radical (unpaired) electrons. The molecule has 0 spiro atoms. The van der Waals surface area contributed by atoms with Gasteiger partial charge in [-0.3, -0.25) is 0 Å². The zero-order valence-corrected chi connectivity index (χ0v) is 9.09. The fourth-order valence-electron chi connectivity index (χ4n) is 1.23. The Hall–Kier alpha value is 0.0900. The molecule has 0 fully saturated rings. The minimum Gasteiger partial charge on any atom is -0.0897 e. The van der Waals surface area contributed by atoms with Crippen LogP contribution >= 0.6 is 12.2 Å². The highest BCUT2D eigenvalue weighted by molar-refractivity contribution is 7.80. The number of hydrogen-bond acceptors (Lipinski definition) is 1. The van der Waals surface area contributed by atoms with Gasteiger partial charge in [0.25, 0.3) is 0 Å². The Kier molecular flexibility index (Phi) is 9.25. The van der Waals surface area contributed by atoms with E-state index in [9.17, 15) is 0 Å². The van der Waals surface area contributed by atoms with Crippen LogP contribution in [0.4, 0.5) is 0 Å². The molecule has 0 rings (SSSR count). The summed E-state index contributed by atoms with van der Waals surface area (Å²) in [5.74, 6) is 0. The van der Waals surface area contributed by atoms with E-state index in [2.05, 4.69) is 13.8 Å². The highest BCUT2D eigenvalue weighted by Crippen LogP contribution is 2.08. The van der Waals surface area contributed by atoms with Gasteiger partial charge in [0.2, 0.25) is 0 Å². The van der Waals surface area contributed by atoms with Gasteiger partial charge in [-0.15, -0.1) is 0 Å². The van der Waals surface area contributed by atoms with Gasteiger partial charge in [0.1, 0.15) is 0 Å². The van der Waals surface area contributed by atoms with Crippen LogP contribution in [-0.2, 0) is 0 Å². The summed E-state index contributed by atoms with van der Waals surface area (Å²) < 4.78 is 0. The first-order valence-corrected chi connectivity index (χ1v) is 5.53. The predicted molar refractivity (Wildman–Crippen MR) is 60.6 cm³/mol. The lowest BCUT2D eigenvalue weighted by Crippen LogP contribution is -1.91. The number of rotatable bonds is 8. The molecule has 0 amide bonds. The van der Waals surface area contributed by atoms with Crippen molar-refractivity contribution in [3.8, 4) is 0 Å². The van der Waals surface area contributed by atoms with Crippen LogP contribution in [0.15, 0.2) is 0 Å². The van der Waals surface area contributed by atoms with Crippen LogP contribution in [-0.4, -0.2) is 4.86 Å². The Morgan fingerprint density at radius 1 is 1.08 bits per heavy atom. The van der Waals surface area contributed by atoms with Crippen molar-refractivity contribution in [1.29, 1.82) is 0 Å². The van der Waals surface area contributed by atoms with Crippen molar-refractivity contribution in [2.24, 2.45) is 0 Å². The number of thiocarbonyl (C=S) groups is 1. The van der Waals surface area contributed by atoms with E-state index >= 15 is 0 Å². The Balaban J connectivity index is 2.95.